The van der Waals surface area contributed by atoms with Crippen LogP contribution < -0.4 is 0 Å². The van der Waals surface area contributed by atoms with Gasteiger partial charge in [0.15, 0.2) is 0 Å². The van der Waals surface area contributed by atoms with Gasteiger partial charge in [0.05, 0.1) is 6.54 Å². The number of carbonyl (C=O) groups excluding carboxylic acids is 2. The highest BCUT2D eigenvalue weighted by Crippen LogP contribution is 2.15. The molecule has 0 aliphatic carbocycles. The number of rotatable bonds is 5. The first-order valence-electron chi connectivity index (χ1n) is 7.56. The average molecular weight is 288 g/mol. The van der Waals surface area contributed by atoms with E-state index in [-0.39, 0.29) is 11.8 Å². The summed E-state index contributed by atoms with van der Waals surface area (Å²) in [6.07, 6.45) is 2.97. The molecule has 1 heterocycles. The Morgan fingerprint density at radius 2 is 2.19 bits per heavy atom. The Kier molecular flexibility index (Phi) is 5.51. The molecule has 4 heteroatoms. The number of carbonyl (C=O) groups is 2. The van der Waals surface area contributed by atoms with E-state index >= 15 is 0 Å². The predicted molar refractivity (Wildman–Crippen MR) is 82.9 cm³/mol. The summed E-state index contributed by atoms with van der Waals surface area (Å²) in [5.41, 5.74) is 2.38. The van der Waals surface area contributed by atoms with Gasteiger partial charge in [-0.1, -0.05) is 24.3 Å². The zero-order valence-corrected chi connectivity index (χ0v) is 12.9. The number of likely N-dealkylation sites (N-methyl/N-ethyl adjacent to an activating group) is 1. The second-order valence-corrected chi connectivity index (χ2v) is 5.95. The van der Waals surface area contributed by atoms with Gasteiger partial charge >= 0.3 is 0 Å². The smallest absolute Gasteiger partial charge is 0.236 e. The number of benzene rings is 1. The number of amides is 1. The molecule has 1 aliphatic heterocycles. The van der Waals surface area contributed by atoms with Crippen LogP contribution in [0.1, 0.15) is 24.0 Å². The molecule has 1 saturated heterocycles. The van der Waals surface area contributed by atoms with Crippen molar-refractivity contribution in [3.63, 3.8) is 0 Å². The van der Waals surface area contributed by atoms with E-state index in [0.717, 1.165) is 25.7 Å². The molecule has 1 amide bonds. The molecule has 1 aromatic rings. The second-order valence-electron chi connectivity index (χ2n) is 5.95. The SMILES string of the molecule is Cc1ccccc1CN(C)C(=O)CN1CCCC(C=O)C1. The molecule has 0 saturated carbocycles. The van der Waals surface area contributed by atoms with Crippen LogP contribution in [0.2, 0.25) is 0 Å². The van der Waals surface area contributed by atoms with Crippen molar-refractivity contribution in [2.24, 2.45) is 5.92 Å². The maximum Gasteiger partial charge on any atom is 0.236 e. The normalized spacial score (nSPS) is 19.2. The monoisotopic (exact) mass is 288 g/mol. The number of aldehydes is 1. The highest BCUT2D eigenvalue weighted by atomic mass is 16.2. The molecule has 2 rings (SSSR count). The molecule has 1 atom stereocenters. The lowest BCUT2D eigenvalue weighted by molar-refractivity contribution is -0.132. The molecule has 0 spiro atoms. The molecule has 4 nitrogen and oxygen atoms in total. The Hall–Kier alpha value is -1.68. The Morgan fingerprint density at radius 1 is 1.43 bits per heavy atom. The molecule has 1 unspecified atom stereocenters. The molecule has 0 N–H and O–H groups in total. The van der Waals surface area contributed by atoms with Gasteiger partial charge in [0.25, 0.3) is 0 Å². The molecular weight excluding hydrogens is 264 g/mol. The number of piperidine rings is 1. The maximum absolute atomic E-state index is 12.3. The van der Waals surface area contributed by atoms with E-state index in [4.69, 9.17) is 0 Å². The fraction of sp³-hybridized carbons (Fsp3) is 0.529. The van der Waals surface area contributed by atoms with Crippen LogP contribution in [-0.2, 0) is 16.1 Å². The third-order valence-corrected chi connectivity index (χ3v) is 4.19. The molecular formula is C17H24N2O2. The zero-order valence-electron chi connectivity index (χ0n) is 12.9. The first-order chi connectivity index (χ1) is 10.1. The van der Waals surface area contributed by atoms with Crippen molar-refractivity contribution in [2.75, 3.05) is 26.7 Å². The van der Waals surface area contributed by atoms with Crippen molar-refractivity contribution in [3.05, 3.63) is 35.4 Å². The van der Waals surface area contributed by atoms with Crippen LogP contribution in [0.4, 0.5) is 0 Å². The van der Waals surface area contributed by atoms with Crippen molar-refractivity contribution in [1.29, 1.82) is 0 Å². The van der Waals surface area contributed by atoms with Gasteiger partial charge in [-0.25, -0.2) is 0 Å². The molecule has 1 aliphatic rings. The topological polar surface area (TPSA) is 40.6 Å². The van der Waals surface area contributed by atoms with E-state index in [2.05, 4.69) is 24.0 Å². The quantitative estimate of drug-likeness (QED) is 0.777. The Bertz CT molecular complexity index is 501. The summed E-state index contributed by atoms with van der Waals surface area (Å²) < 4.78 is 0. The van der Waals surface area contributed by atoms with Gasteiger partial charge in [0.1, 0.15) is 6.29 Å². The summed E-state index contributed by atoms with van der Waals surface area (Å²) >= 11 is 0. The Morgan fingerprint density at radius 3 is 2.90 bits per heavy atom. The molecule has 1 fully saturated rings. The van der Waals surface area contributed by atoms with Crippen LogP contribution in [0.25, 0.3) is 0 Å². The average Bonchev–Trinajstić information content (AvgIpc) is 2.49. The van der Waals surface area contributed by atoms with Gasteiger partial charge < -0.3 is 9.69 Å². The Labute approximate surface area is 126 Å². The van der Waals surface area contributed by atoms with Gasteiger partial charge in [0.2, 0.25) is 5.91 Å². The fourth-order valence-electron chi connectivity index (χ4n) is 2.79. The lowest BCUT2D eigenvalue weighted by atomic mass is 10.00. The Balaban J connectivity index is 1.88. The molecule has 0 radical (unpaired) electrons. The van der Waals surface area contributed by atoms with Crippen LogP contribution in [-0.4, -0.2) is 48.7 Å². The lowest BCUT2D eigenvalue weighted by Gasteiger charge is -2.31. The lowest BCUT2D eigenvalue weighted by Crippen LogP contribution is -2.43. The second kappa shape index (κ2) is 7.36. The summed E-state index contributed by atoms with van der Waals surface area (Å²) in [5.74, 6) is 0.207. The zero-order chi connectivity index (χ0) is 15.2. The highest BCUT2D eigenvalue weighted by Gasteiger charge is 2.22. The maximum atomic E-state index is 12.3. The van der Waals surface area contributed by atoms with Gasteiger partial charge in [-0.2, -0.15) is 0 Å². The van der Waals surface area contributed by atoms with Crippen molar-refractivity contribution in [2.45, 2.75) is 26.3 Å². The minimum atomic E-state index is 0.0909. The molecule has 21 heavy (non-hydrogen) atoms. The predicted octanol–water partition coefficient (Wildman–Crippen LogP) is 1.86. The van der Waals surface area contributed by atoms with E-state index in [9.17, 15) is 9.59 Å². The highest BCUT2D eigenvalue weighted by molar-refractivity contribution is 5.78. The standard InChI is InChI=1S/C17H24N2O2/c1-14-6-3-4-8-16(14)11-18(2)17(21)12-19-9-5-7-15(10-19)13-20/h3-4,6,8,13,15H,5,7,9-12H2,1-2H3. The largest absolute Gasteiger partial charge is 0.340 e. The molecule has 0 aromatic heterocycles. The molecule has 114 valence electrons. The minimum absolute atomic E-state index is 0.0909. The van der Waals surface area contributed by atoms with Gasteiger partial charge in [-0.3, -0.25) is 9.69 Å². The molecule has 1 aromatic carbocycles. The van der Waals surface area contributed by atoms with Crippen LogP contribution in [0.15, 0.2) is 24.3 Å². The number of hydrogen-bond acceptors (Lipinski definition) is 3. The van der Waals surface area contributed by atoms with E-state index in [0.29, 0.717) is 19.6 Å². The van der Waals surface area contributed by atoms with Crippen molar-refractivity contribution < 1.29 is 9.59 Å². The van der Waals surface area contributed by atoms with Crippen molar-refractivity contribution in [1.82, 2.24) is 9.80 Å². The molecule has 0 bridgehead atoms. The summed E-state index contributed by atoms with van der Waals surface area (Å²) in [6, 6.07) is 8.13. The first-order valence-corrected chi connectivity index (χ1v) is 7.56. The fourth-order valence-corrected chi connectivity index (χ4v) is 2.79. The summed E-state index contributed by atoms with van der Waals surface area (Å²) in [7, 11) is 1.84. The third-order valence-electron chi connectivity index (χ3n) is 4.19. The van der Waals surface area contributed by atoms with Crippen LogP contribution in [0.5, 0.6) is 0 Å². The number of hydrogen-bond donors (Lipinski definition) is 0. The van der Waals surface area contributed by atoms with E-state index in [1.165, 1.54) is 11.1 Å². The van der Waals surface area contributed by atoms with Gasteiger partial charge in [-0.15, -0.1) is 0 Å². The van der Waals surface area contributed by atoms with E-state index < -0.39 is 0 Å². The van der Waals surface area contributed by atoms with Crippen LogP contribution >= 0.6 is 0 Å². The van der Waals surface area contributed by atoms with Crippen LogP contribution in [0, 0.1) is 12.8 Å². The number of nitrogens with zero attached hydrogens (tertiary/aromatic N) is 2. The van der Waals surface area contributed by atoms with E-state index in [1.54, 1.807) is 4.90 Å². The third kappa shape index (κ3) is 4.39. The van der Waals surface area contributed by atoms with Crippen molar-refractivity contribution in [3.8, 4) is 0 Å². The van der Waals surface area contributed by atoms with Crippen LogP contribution in [0.3, 0.4) is 0 Å². The minimum Gasteiger partial charge on any atom is -0.340 e. The number of aryl methyl sites for hydroxylation is 1. The number of likely N-dealkylation sites (tertiary alicyclic amines) is 1. The van der Waals surface area contributed by atoms with Gasteiger partial charge in [0, 0.05) is 26.1 Å². The summed E-state index contributed by atoms with van der Waals surface area (Å²) in [4.78, 5) is 27.1. The summed E-state index contributed by atoms with van der Waals surface area (Å²) in [5, 5.41) is 0. The van der Waals surface area contributed by atoms with E-state index in [1.807, 2.05) is 19.2 Å². The first kappa shape index (κ1) is 15.7. The summed E-state index contributed by atoms with van der Waals surface area (Å²) in [6.45, 7) is 4.73. The van der Waals surface area contributed by atoms with Gasteiger partial charge in [-0.05, 0) is 37.4 Å². The van der Waals surface area contributed by atoms with Crippen molar-refractivity contribution >= 4 is 12.2 Å².